The third-order valence-corrected chi connectivity index (χ3v) is 6.74. The van der Waals surface area contributed by atoms with Crippen LogP contribution >= 0.6 is 11.8 Å². The minimum Gasteiger partial charge on any atom is -0.480 e. The second-order valence-corrected chi connectivity index (χ2v) is 9.75. The second-order valence-electron chi connectivity index (χ2n) is 8.76. The Hall–Kier alpha value is -3.00. The minimum absolute atomic E-state index is 0.0229. The topological polar surface area (TPSA) is 105 Å². The molecule has 2 aromatic carbocycles. The molecule has 0 saturated carbocycles. The molecule has 182 valence electrons. The molecule has 8 heteroatoms. The fourth-order valence-electron chi connectivity index (χ4n) is 4.19. The first-order valence-electron chi connectivity index (χ1n) is 11.4. The molecular weight excluding hydrogens is 452 g/mol. The van der Waals surface area contributed by atoms with Crippen LogP contribution in [0.4, 0.5) is 4.79 Å². The predicted molar refractivity (Wildman–Crippen MR) is 134 cm³/mol. The van der Waals surface area contributed by atoms with Crippen LogP contribution in [0.2, 0.25) is 0 Å². The van der Waals surface area contributed by atoms with Crippen molar-refractivity contribution in [2.45, 2.75) is 44.7 Å². The summed E-state index contributed by atoms with van der Waals surface area (Å²) in [5.74, 6) is -0.936. The molecular formula is C26H32N2O5S. The number of amides is 2. The molecule has 7 nitrogen and oxygen atoms in total. The number of rotatable bonds is 11. The first-order valence-corrected chi connectivity index (χ1v) is 12.8. The number of hydrogen-bond donors (Lipinski definition) is 3. The number of benzene rings is 2. The van der Waals surface area contributed by atoms with Gasteiger partial charge in [-0.1, -0.05) is 62.4 Å². The number of aliphatic carboxylic acids is 1. The van der Waals surface area contributed by atoms with Gasteiger partial charge < -0.3 is 20.5 Å². The lowest BCUT2D eigenvalue weighted by molar-refractivity contribution is -0.142. The van der Waals surface area contributed by atoms with Crippen molar-refractivity contribution in [3.63, 3.8) is 0 Å². The summed E-state index contributed by atoms with van der Waals surface area (Å²) in [4.78, 5) is 36.5. The van der Waals surface area contributed by atoms with E-state index in [1.54, 1.807) is 0 Å². The van der Waals surface area contributed by atoms with Crippen LogP contribution in [0, 0.1) is 5.92 Å². The van der Waals surface area contributed by atoms with Gasteiger partial charge in [0.1, 0.15) is 12.6 Å². The number of hydrogen-bond acceptors (Lipinski definition) is 5. The van der Waals surface area contributed by atoms with Gasteiger partial charge in [-0.3, -0.25) is 4.79 Å². The fraction of sp³-hybridized carbons (Fsp3) is 0.423. The standard InChI is InChI=1S/C26H32N2O5S/c1-16(2)23(14-24(29)27-22(25(30)31)12-13-34-3)28-26(32)33-15-21-19-10-6-4-8-17(19)18-9-5-7-11-20(18)21/h4-11,16,21-23H,12-15H2,1-3H3,(H,27,29)(H,28,32)(H,30,31)/t22?,23-/m1/s1. The third kappa shape index (κ3) is 6.32. The van der Waals surface area contributed by atoms with Crippen LogP contribution in [-0.4, -0.2) is 53.8 Å². The third-order valence-electron chi connectivity index (χ3n) is 6.10. The Morgan fingerprint density at radius 2 is 1.59 bits per heavy atom. The first-order chi connectivity index (χ1) is 16.3. The van der Waals surface area contributed by atoms with Crippen LogP contribution < -0.4 is 10.6 Å². The number of ether oxygens (including phenoxy) is 1. The molecule has 0 fully saturated rings. The van der Waals surface area contributed by atoms with E-state index in [9.17, 15) is 19.5 Å². The molecule has 0 aliphatic heterocycles. The van der Waals surface area contributed by atoms with Crippen molar-refractivity contribution in [3.05, 3.63) is 59.7 Å². The zero-order chi connectivity index (χ0) is 24.7. The number of fused-ring (bicyclic) bond motifs is 3. The molecule has 1 aliphatic rings. The summed E-state index contributed by atoms with van der Waals surface area (Å²) in [6.45, 7) is 3.97. The van der Waals surface area contributed by atoms with E-state index in [4.69, 9.17) is 4.74 Å². The molecule has 0 aromatic heterocycles. The van der Waals surface area contributed by atoms with E-state index in [-0.39, 0.29) is 24.9 Å². The van der Waals surface area contributed by atoms with Crippen LogP contribution in [0.25, 0.3) is 11.1 Å². The first kappa shape index (κ1) is 25.6. The maximum atomic E-state index is 12.6. The van der Waals surface area contributed by atoms with E-state index in [0.29, 0.717) is 12.2 Å². The van der Waals surface area contributed by atoms with Gasteiger partial charge in [0.25, 0.3) is 0 Å². The normalized spacial score (nSPS) is 14.1. The molecule has 0 radical (unpaired) electrons. The Bertz CT molecular complexity index is 980. The molecule has 3 N–H and O–H groups in total. The zero-order valence-corrected chi connectivity index (χ0v) is 20.6. The average molecular weight is 485 g/mol. The fourth-order valence-corrected chi connectivity index (χ4v) is 4.66. The summed E-state index contributed by atoms with van der Waals surface area (Å²) < 4.78 is 5.60. The lowest BCUT2D eigenvalue weighted by Crippen LogP contribution is -2.46. The van der Waals surface area contributed by atoms with Crippen LogP contribution in [0.15, 0.2) is 48.5 Å². The van der Waals surface area contributed by atoms with Crippen molar-refractivity contribution in [2.24, 2.45) is 5.92 Å². The molecule has 0 spiro atoms. The van der Waals surface area contributed by atoms with Gasteiger partial charge in [-0.2, -0.15) is 11.8 Å². The van der Waals surface area contributed by atoms with Crippen LogP contribution in [-0.2, 0) is 14.3 Å². The summed E-state index contributed by atoms with van der Waals surface area (Å²) in [6.07, 6.45) is 1.61. The Labute approximate surface area is 204 Å². The number of carboxylic acid groups (broad SMARTS) is 1. The van der Waals surface area contributed by atoms with Gasteiger partial charge in [0.2, 0.25) is 5.91 Å². The Morgan fingerprint density at radius 1 is 1.00 bits per heavy atom. The van der Waals surface area contributed by atoms with Gasteiger partial charge in [0.15, 0.2) is 0 Å². The lowest BCUT2D eigenvalue weighted by Gasteiger charge is -2.23. The van der Waals surface area contributed by atoms with Crippen molar-refractivity contribution in [1.29, 1.82) is 0 Å². The number of thioether (sulfide) groups is 1. The predicted octanol–water partition coefficient (Wildman–Crippen LogP) is 4.26. The van der Waals surface area contributed by atoms with E-state index >= 15 is 0 Å². The molecule has 2 aromatic rings. The van der Waals surface area contributed by atoms with Crippen molar-refractivity contribution < 1.29 is 24.2 Å². The zero-order valence-electron chi connectivity index (χ0n) is 19.7. The number of nitrogens with one attached hydrogen (secondary N) is 2. The van der Waals surface area contributed by atoms with Crippen LogP contribution in [0.5, 0.6) is 0 Å². The monoisotopic (exact) mass is 484 g/mol. The highest BCUT2D eigenvalue weighted by atomic mass is 32.2. The molecule has 0 saturated heterocycles. The highest BCUT2D eigenvalue weighted by Gasteiger charge is 2.30. The number of carboxylic acids is 1. The van der Waals surface area contributed by atoms with E-state index in [1.165, 1.54) is 11.8 Å². The SMILES string of the molecule is CSCCC(NC(=O)C[C@@H](NC(=O)OCC1c2ccccc2-c2ccccc21)C(C)C)C(=O)O. The van der Waals surface area contributed by atoms with E-state index in [2.05, 4.69) is 34.9 Å². The van der Waals surface area contributed by atoms with Crippen LogP contribution in [0.1, 0.15) is 43.7 Å². The summed E-state index contributed by atoms with van der Waals surface area (Å²) in [5, 5.41) is 14.7. The number of carbonyl (C=O) groups excluding carboxylic acids is 2. The van der Waals surface area contributed by atoms with E-state index in [0.717, 1.165) is 22.3 Å². The highest BCUT2D eigenvalue weighted by Crippen LogP contribution is 2.44. The van der Waals surface area contributed by atoms with Gasteiger partial charge in [-0.15, -0.1) is 0 Å². The molecule has 2 amide bonds. The van der Waals surface area contributed by atoms with E-state index < -0.39 is 30.1 Å². The van der Waals surface area contributed by atoms with Gasteiger partial charge in [0.05, 0.1) is 0 Å². The number of alkyl carbamates (subject to hydrolysis) is 1. The Balaban J connectivity index is 1.58. The summed E-state index contributed by atoms with van der Waals surface area (Å²) in [5.41, 5.74) is 4.55. The van der Waals surface area contributed by atoms with Crippen LogP contribution in [0.3, 0.4) is 0 Å². The maximum absolute atomic E-state index is 12.6. The van der Waals surface area contributed by atoms with Gasteiger partial charge in [0, 0.05) is 18.4 Å². The molecule has 3 rings (SSSR count). The molecule has 0 bridgehead atoms. The van der Waals surface area contributed by atoms with E-state index in [1.807, 2.05) is 44.4 Å². The average Bonchev–Trinajstić information content (AvgIpc) is 3.13. The molecule has 34 heavy (non-hydrogen) atoms. The van der Waals surface area contributed by atoms with Crippen molar-refractivity contribution >= 4 is 29.7 Å². The summed E-state index contributed by atoms with van der Waals surface area (Å²) in [7, 11) is 0. The van der Waals surface area contributed by atoms with Gasteiger partial charge in [-0.05, 0) is 46.6 Å². The second kappa shape index (κ2) is 11.9. The Kier molecular flexibility index (Phi) is 8.98. The lowest BCUT2D eigenvalue weighted by atomic mass is 9.98. The molecule has 0 heterocycles. The highest BCUT2D eigenvalue weighted by molar-refractivity contribution is 7.98. The minimum atomic E-state index is -1.06. The maximum Gasteiger partial charge on any atom is 0.407 e. The molecule has 2 atom stereocenters. The van der Waals surface area contributed by atoms with Crippen molar-refractivity contribution in [1.82, 2.24) is 10.6 Å². The quantitative estimate of drug-likeness (QED) is 0.440. The summed E-state index contributed by atoms with van der Waals surface area (Å²) in [6, 6.07) is 14.8. The van der Waals surface area contributed by atoms with Crippen molar-refractivity contribution in [2.75, 3.05) is 18.6 Å². The largest absolute Gasteiger partial charge is 0.480 e. The number of carbonyl (C=O) groups is 3. The van der Waals surface area contributed by atoms with Crippen molar-refractivity contribution in [3.8, 4) is 11.1 Å². The molecule has 1 unspecified atom stereocenters. The molecule has 1 aliphatic carbocycles. The van der Waals surface area contributed by atoms with Gasteiger partial charge in [-0.25, -0.2) is 9.59 Å². The van der Waals surface area contributed by atoms with Gasteiger partial charge >= 0.3 is 12.1 Å². The Morgan fingerprint density at radius 3 is 2.12 bits per heavy atom. The summed E-state index contributed by atoms with van der Waals surface area (Å²) >= 11 is 1.52. The smallest absolute Gasteiger partial charge is 0.407 e.